The molecule has 2 heterocycles. The van der Waals surface area contributed by atoms with Gasteiger partial charge in [-0.25, -0.2) is 0 Å². The van der Waals surface area contributed by atoms with Crippen LogP contribution in [0.4, 0.5) is 18.9 Å². The van der Waals surface area contributed by atoms with Crippen LogP contribution < -0.4 is 5.32 Å². The molecule has 26 heavy (non-hydrogen) atoms. The molecule has 140 valence electrons. The van der Waals surface area contributed by atoms with Gasteiger partial charge in [0.1, 0.15) is 10.0 Å². The van der Waals surface area contributed by atoms with Gasteiger partial charge in [0.15, 0.2) is 0 Å². The zero-order valence-electron chi connectivity index (χ0n) is 14.2. The van der Waals surface area contributed by atoms with E-state index in [2.05, 4.69) is 15.5 Å². The summed E-state index contributed by atoms with van der Waals surface area (Å²) in [5, 5.41) is 12.6. The minimum atomic E-state index is -4.50. The van der Waals surface area contributed by atoms with Crippen LogP contribution in [0.2, 0.25) is 0 Å². The zero-order valence-corrected chi connectivity index (χ0v) is 15.0. The van der Waals surface area contributed by atoms with Gasteiger partial charge in [-0.3, -0.25) is 9.69 Å². The Bertz CT molecular complexity index is 769. The van der Waals surface area contributed by atoms with E-state index in [4.69, 9.17) is 0 Å². The third-order valence-corrected chi connectivity index (χ3v) is 5.35. The number of rotatable bonds is 4. The lowest BCUT2D eigenvalue weighted by Crippen LogP contribution is -2.39. The fourth-order valence-electron chi connectivity index (χ4n) is 3.05. The van der Waals surface area contributed by atoms with Crippen LogP contribution in [0.15, 0.2) is 24.3 Å². The van der Waals surface area contributed by atoms with Gasteiger partial charge in [0, 0.05) is 5.92 Å². The average Bonchev–Trinajstić information content (AvgIpc) is 3.01. The molecule has 0 bridgehead atoms. The number of piperidine rings is 1. The first-order valence-electron chi connectivity index (χ1n) is 8.31. The maximum atomic E-state index is 13.0. The van der Waals surface area contributed by atoms with Crippen LogP contribution in [-0.4, -0.2) is 40.6 Å². The summed E-state index contributed by atoms with van der Waals surface area (Å²) < 4.78 is 39.0. The van der Waals surface area contributed by atoms with Gasteiger partial charge in [-0.15, -0.1) is 21.5 Å². The van der Waals surface area contributed by atoms with E-state index in [1.807, 2.05) is 11.8 Å². The molecule has 0 atom stereocenters. The molecule has 0 aliphatic carbocycles. The van der Waals surface area contributed by atoms with Crippen molar-refractivity contribution in [3.05, 3.63) is 39.8 Å². The van der Waals surface area contributed by atoms with Crippen molar-refractivity contribution >= 4 is 22.9 Å². The second-order valence-corrected chi connectivity index (χ2v) is 7.51. The van der Waals surface area contributed by atoms with Gasteiger partial charge < -0.3 is 5.32 Å². The monoisotopic (exact) mass is 384 g/mol. The van der Waals surface area contributed by atoms with E-state index in [-0.39, 0.29) is 12.2 Å². The molecule has 1 aliphatic rings. The number of carbonyl (C=O) groups excluding carboxylic acids is 1. The summed E-state index contributed by atoms with van der Waals surface area (Å²) >= 11 is 1.59. The van der Waals surface area contributed by atoms with Crippen molar-refractivity contribution in [1.29, 1.82) is 0 Å². The highest BCUT2D eigenvalue weighted by Crippen LogP contribution is 2.34. The van der Waals surface area contributed by atoms with E-state index in [0.29, 0.717) is 19.0 Å². The number of likely N-dealkylation sites (tertiary alicyclic amines) is 1. The molecule has 9 heteroatoms. The highest BCUT2D eigenvalue weighted by Gasteiger charge is 2.33. The van der Waals surface area contributed by atoms with Crippen molar-refractivity contribution < 1.29 is 18.0 Å². The summed E-state index contributed by atoms with van der Waals surface area (Å²) in [6, 6.07) is 5.01. The summed E-state index contributed by atoms with van der Waals surface area (Å²) in [7, 11) is 0. The highest BCUT2D eigenvalue weighted by molar-refractivity contribution is 7.11. The van der Waals surface area contributed by atoms with Gasteiger partial charge >= 0.3 is 6.18 Å². The Morgan fingerprint density at radius 1 is 1.27 bits per heavy atom. The number of nitrogens with one attached hydrogen (secondary N) is 1. The summed E-state index contributed by atoms with van der Waals surface area (Å²) in [5.41, 5.74) is -1.04. The van der Waals surface area contributed by atoms with Crippen molar-refractivity contribution in [2.75, 3.05) is 25.0 Å². The van der Waals surface area contributed by atoms with Crippen LogP contribution in [0.3, 0.4) is 0 Å². The molecule has 1 fully saturated rings. The van der Waals surface area contributed by atoms with E-state index < -0.39 is 17.6 Å². The second kappa shape index (κ2) is 7.71. The largest absolute Gasteiger partial charge is 0.418 e. The Kier molecular flexibility index (Phi) is 5.57. The number of para-hydroxylation sites is 1. The molecule has 1 saturated heterocycles. The van der Waals surface area contributed by atoms with Crippen LogP contribution in [0.25, 0.3) is 0 Å². The van der Waals surface area contributed by atoms with Crippen LogP contribution in [-0.2, 0) is 11.0 Å². The molecule has 2 aromatic rings. The third kappa shape index (κ3) is 4.59. The molecule has 1 aliphatic heterocycles. The maximum Gasteiger partial charge on any atom is 0.418 e. The lowest BCUT2D eigenvalue weighted by Gasteiger charge is -2.30. The number of amides is 1. The molecule has 3 rings (SSSR count). The van der Waals surface area contributed by atoms with Gasteiger partial charge in [0.05, 0.1) is 17.8 Å². The normalized spacial score (nSPS) is 16.6. The Morgan fingerprint density at radius 2 is 1.96 bits per heavy atom. The molecule has 1 aromatic carbocycles. The first-order valence-corrected chi connectivity index (χ1v) is 9.13. The Morgan fingerprint density at radius 3 is 2.58 bits per heavy atom. The molecule has 0 spiro atoms. The average molecular weight is 384 g/mol. The summed E-state index contributed by atoms with van der Waals surface area (Å²) in [6.45, 7) is 3.41. The quantitative estimate of drug-likeness (QED) is 0.874. The maximum absolute atomic E-state index is 13.0. The predicted molar refractivity (Wildman–Crippen MR) is 93.1 cm³/mol. The first kappa shape index (κ1) is 18.8. The summed E-state index contributed by atoms with van der Waals surface area (Å²) in [5.74, 6) is -0.0987. The number of aromatic nitrogens is 2. The number of aryl methyl sites for hydroxylation is 1. The Balaban J connectivity index is 1.54. The number of anilines is 1. The number of hydrogen-bond acceptors (Lipinski definition) is 5. The van der Waals surface area contributed by atoms with Crippen LogP contribution in [0.5, 0.6) is 0 Å². The lowest BCUT2D eigenvalue weighted by atomic mass is 9.98. The second-order valence-electron chi connectivity index (χ2n) is 6.30. The number of alkyl halides is 3. The minimum absolute atomic E-state index is 0.0774. The number of nitrogens with zero attached hydrogens (tertiary/aromatic N) is 3. The zero-order chi connectivity index (χ0) is 18.7. The van der Waals surface area contributed by atoms with Crippen LogP contribution in [0.1, 0.15) is 34.3 Å². The predicted octanol–water partition coefficient (Wildman–Crippen LogP) is 3.68. The molecule has 1 amide bonds. The smallest absolute Gasteiger partial charge is 0.324 e. The van der Waals surface area contributed by atoms with Crippen molar-refractivity contribution in [2.45, 2.75) is 31.9 Å². The number of benzene rings is 1. The van der Waals surface area contributed by atoms with E-state index in [1.165, 1.54) is 18.2 Å². The first-order chi connectivity index (χ1) is 12.3. The SMILES string of the molecule is Cc1nnc(C2CCN(CC(=O)Nc3ccccc3C(F)(F)F)CC2)s1. The molecule has 0 saturated carbocycles. The lowest BCUT2D eigenvalue weighted by molar-refractivity contribution is -0.137. The molecular formula is C17H19F3N4OS. The molecular weight excluding hydrogens is 365 g/mol. The van der Waals surface area contributed by atoms with Crippen LogP contribution >= 0.6 is 11.3 Å². The standard InChI is InChI=1S/C17H19F3N4OS/c1-11-22-23-16(26-11)12-6-8-24(9-7-12)10-15(25)21-14-5-3-2-4-13(14)17(18,19)20/h2-5,12H,6-10H2,1H3,(H,21,25). The van der Waals surface area contributed by atoms with E-state index in [0.717, 1.165) is 28.9 Å². The van der Waals surface area contributed by atoms with E-state index >= 15 is 0 Å². The van der Waals surface area contributed by atoms with Crippen molar-refractivity contribution in [1.82, 2.24) is 15.1 Å². The van der Waals surface area contributed by atoms with Crippen LogP contribution in [0, 0.1) is 6.92 Å². The molecule has 1 aromatic heterocycles. The molecule has 1 N–H and O–H groups in total. The Hall–Kier alpha value is -2.00. The molecule has 5 nitrogen and oxygen atoms in total. The third-order valence-electron chi connectivity index (χ3n) is 4.35. The number of halogens is 3. The van der Waals surface area contributed by atoms with E-state index in [9.17, 15) is 18.0 Å². The summed E-state index contributed by atoms with van der Waals surface area (Å²) in [6.07, 6.45) is -2.77. The highest BCUT2D eigenvalue weighted by atomic mass is 32.1. The van der Waals surface area contributed by atoms with Gasteiger partial charge in [0.2, 0.25) is 5.91 Å². The number of hydrogen-bond donors (Lipinski definition) is 1. The van der Waals surface area contributed by atoms with Gasteiger partial charge in [-0.2, -0.15) is 13.2 Å². The Labute approximate surface area is 153 Å². The van der Waals surface area contributed by atoms with Crippen molar-refractivity contribution in [3.63, 3.8) is 0 Å². The number of carbonyl (C=O) groups is 1. The van der Waals surface area contributed by atoms with Crippen molar-refractivity contribution in [2.24, 2.45) is 0 Å². The summed E-state index contributed by atoms with van der Waals surface area (Å²) in [4.78, 5) is 14.1. The van der Waals surface area contributed by atoms with Gasteiger partial charge in [-0.1, -0.05) is 12.1 Å². The fraction of sp³-hybridized carbons (Fsp3) is 0.471. The van der Waals surface area contributed by atoms with Gasteiger partial charge in [-0.05, 0) is 45.0 Å². The van der Waals surface area contributed by atoms with E-state index in [1.54, 1.807) is 11.3 Å². The minimum Gasteiger partial charge on any atom is -0.324 e. The van der Waals surface area contributed by atoms with Gasteiger partial charge in [0.25, 0.3) is 0 Å². The topological polar surface area (TPSA) is 58.1 Å². The molecule has 0 unspecified atom stereocenters. The molecule has 0 radical (unpaired) electrons. The van der Waals surface area contributed by atoms with Crippen molar-refractivity contribution in [3.8, 4) is 0 Å². The fourth-order valence-corrected chi connectivity index (χ4v) is 3.92.